The molecule has 2 aromatic carbocycles. The molecule has 8 heteroatoms. The van der Waals surface area contributed by atoms with Gasteiger partial charge in [0.05, 0.1) is 10.8 Å². The molecule has 1 amide bonds. The Bertz CT molecular complexity index is 964. The number of hydrogen-bond acceptors (Lipinski definition) is 3. The normalized spacial score (nSPS) is 18.0. The average Bonchev–Trinajstić information content (AvgIpc) is 2.69. The molecular formula is C20H22ClFN2O3S. The van der Waals surface area contributed by atoms with Crippen molar-refractivity contribution in [3.05, 3.63) is 64.4 Å². The molecule has 1 heterocycles. The Morgan fingerprint density at radius 3 is 2.64 bits per heavy atom. The number of carbonyl (C=O) groups excluding carboxylic acids is 1. The van der Waals surface area contributed by atoms with Crippen molar-refractivity contribution in [2.45, 2.75) is 31.2 Å². The molecule has 0 unspecified atom stereocenters. The number of carbonyl (C=O) groups is 1. The SMILES string of the molecule is Cc1ccc(S(=O)(=O)N2CCC[C@H](C(=O)NCc3ccc(F)cc3)C2)cc1Cl. The van der Waals surface area contributed by atoms with Crippen LogP contribution in [0.25, 0.3) is 0 Å². The predicted molar refractivity (Wildman–Crippen MR) is 106 cm³/mol. The standard InChI is InChI=1S/C20H22ClFN2O3S/c1-14-4-9-18(11-19(14)21)28(26,27)24-10-2-3-16(13-24)20(25)23-12-15-5-7-17(22)8-6-15/h4-9,11,16H,2-3,10,12-13H2,1H3,(H,23,25)/t16-/m0/s1. The fraction of sp³-hybridized carbons (Fsp3) is 0.350. The lowest BCUT2D eigenvalue weighted by Gasteiger charge is -2.31. The number of nitrogens with zero attached hydrogens (tertiary/aromatic N) is 1. The lowest BCUT2D eigenvalue weighted by molar-refractivity contribution is -0.126. The predicted octanol–water partition coefficient (Wildman–Crippen LogP) is 3.50. The van der Waals surface area contributed by atoms with Crippen LogP contribution in [0.3, 0.4) is 0 Å². The number of piperidine rings is 1. The van der Waals surface area contributed by atoms with Crippen molar-refractivity contribution in [1.82, 2.24) is 9.62 Å². The highest BCUT2D eigenvalue weighted by Crippen LogP contribution is 2.26. The molecule has 5 nitrogen and oxygen atoms in total. The smallest absolute Gasteiger partial charge is 0.243 e. The maximum Gasteiger partial charge on any atom is 0.243 e. The van der Waals surface area contributed by atoms with E-state index in [-0.39, 0.29) is 29.7 Å². The third-order valence-corrected chi connectivity index (χ3v) is 7.18. The zero-order chi connectivity index (χ0) is 20.3. The van der Waals surface area contributed by atoms with Gasteiger partial charge in [-0.25, -0.2) is 12.8 Å². The van der Waals surface area contributed by atoms with E-state index in [1.165, 1.54) is 28.6 Å². The highest BCUT2D eigenvalue weighted by molar-refractivity contribution is 7.89. The van der Waals surface area contributed by atoms with Crippen LogP contribution >= 0.6 is 11.6 Å². The Balaban J connectivity index is 1.66. The molecule has 1 saturated heterocycles. The number of hydrogen-bond donors (Lipinski definition) is 1. The van der Waals surface area contributed by atoms with E-state index in [2.05, 4.69) is 5.32 Å². The molecule has 0 aliphatic carbocycles. The van der Waals surface area contributed by atoms with Crippen LogP contribution in [0.5, 0.6) is 0 Å². The molecule has 28 heavy (non-hydrogen) atoms. The molecule has 3 rings (SSSR count). The molecule has 0 bridgehead atoms. The molecule has 0 spiro atoms. The zero-order valence-electron chi connectivity index (χ0n) is 15.5. The summed E-state index contributed by atoms with van der Waals surface area (Å²) in [6.45, 7) is 2.58. The van der Waals surface area contributed by atoms with Crippen molar-refractivity contribution in [2.24, 2.45) is 5.92 Å². The number of halogens is 2. The molecule has 1 fully saturated rings. The molecule has 0 aromatic heterocycles. The second kappa shape index (κ2) is 8.59. The summed E-state index contributed by atoms with van der Waals surface area (Å²) >= 11 is 6.08. The summed E-state index contributed by atoms with van der Waals surface area (Å²) in [5.74, 6) is -0.963. The van der Waals surface area contributed by atoms with Crippen molar-refractivity contribution >= 4 is 27.5 Å². The van der Waals surface area contributed by atoms with Gasteiger partial charge in [0, 0.05) is 24.7 Å². The van der Waals surface area contributed by atoms with Gasteiger partial charge in [0.15, 0.2) is 0 Å². The van der Waals surface area contributed by atoms with Crippen LogP contribution in [0, 0.1) is 18.7 Å². The van der Waals surface area contributed by atoms with Crippen molar-refractivity contribution in [2.75, 3.05) is 13.1 Å². The van der Waals surface area contributed by atoms with E-state index in [1.807, 2.05) is 0 Å². The summed E-state index contributed by atoms with van der Waals surface area (Å²) in [4.78, 5) is 12.7. The van der Waals surface area contributed by atoms with E-state index in [1.54, 1.807) is 25.1 Å². The second-order valence-corrected chi connectivity index (χ2v) is 9.30. The first-order valence-corrected chi connectivity index (χ1v) is 10.9. The van der Waals surface area contributed by atoms with Gasteiger partial charge in [-0.1, -0.05) is 29.8 Å². The van der Waals surface area contributed by atoms with Gasteiger partial charge in [0.1, 0.15) is 5.82 Å². The molecule has 1 aliphatic rings. The Hall–Kier alpha value is -1.96. The van der Waals surface area contributed by atoms with Gasteiger partial charge in [0.25, 0.3) is 0 Å². The lowest BCUT2D eigenvalue weighted by Crippen LogP contribution is -2.45. The first-order valence-electron chi connectivity index (χ1n) is 9.06. The zero-order valence-corrected chi connectivity index (χ0v) is 17.1. The van der Waals surface area contributed by atoms with Crippen LogP contribution in [0.2, 0.25) is 5.02 Å². The van der Waals surface area contributed by atoms with Gasteiger partial charge in [-0.3, -0.25) is 4.79 Å². The summed E-state index contributed by atoms with van der Waals surface area (Å²) in [6.07, 6.45) is 1.23. The van der Waals surface area contributed by atoms with E-state index < -0.39 is 15.9 Å². The van der Waals surface area contributed by atoms with E-state index in [9.17, 15) is 17.6 Å². The van der Waals surface area contributed by atoms with E-state index in [4.69, 9.17) is 11.6 Å². The summed E-state index contributed by atoms with van der Waals surface area (Å²) in [7, 11) is -3.71. The Morgan fingerprint density at radius 1 is 1.25 bits per heavy atom. The quantitative estimate of drug-likeness (QED) is 0.798. The minimum absolute atomic E-state index is 0.128. The van der Waals surface area contributed by atoms with Gasteiger partial charge in [0.2, 0.25) is 15.9 Å². The Labute approximate surface area is 169 Å². The summed E-state index contributed by atoms with van der Waals surface area (Å²) < 4.78 is 40.2. The molecule has 1 atom stereocenters. The maximum absolute atomic E-state index is 13.0. The lowest BCUT2D eigenvalue weighted by atomic mass is 9.99. The number of rotatable bonds is 5. The average molecular weight is 425 g/mol. The van der Waals surface area contributed by atoms with Gasteiger partial charge >= 0.3 is 0 Å². The van der Waals surface area contributed by atoms with Crippen LogP contribution in [0.1, 0.15) is 24.0 Å². The van der Waals surface area contributed by atoms with Crippen molar-refractivity contribution < 1.29 is 17.6 Å². The molecule has 1 N–H and O–H groups in total. The highest BCUT2D eigenvalue weighted by atomic mass is 35.5. The van der Waals surface area contributed by atoms with Crippen molar-refractivity contribution in [3.8, 4) is 0 Å². The summed E-state index contributed by atoms with van der Waals surface area (Å²) in [6, 6.07) is 10.5. The molecular weight excluding hydrogens is 403 g/mol. The third kappa shape index (κ3) is 4.71. The van der Waals surface area contributed by atoms with Crippen LogP contribution in [0.4, 0.5) is 4.39 Å². The summed E-state index contributed by atoms with van der Waals surface area (Å²) in [5, 5.41) is 3.21. The number of nitrogens with one attached hydrogen (secondary N) is 1. The molecule has 150 valence electrons. The van der Waals surface area contributed by atoms with Gasteiger partial charge in [-0.05, 0) is 55.2 Å². The van der Waals surface area contributed by atoms with Crippen LogP contribution in [-0.2, 0) is 21.4 Å². The van der Waals surface area contributed by atoms with Crippen LogP contribution < -0.4 is 5.32 Å². The minimum atomic E-state index is -3.71. The fourth-order valence-electron chi connectivity index (χ4n) is 3.19. The first kappa shape index (κ1) is 20.8. The van der Waals surface area contributed by atoms with Crippen molar-refractivity contribution in [1.29, 1.82) is 0 Å². The van der Waals surface area contributed by atoms with Crippen LogP contribution in [-0.4, -0.2) is 31.7 Å². The van der Waals surface area contributed by atoms with E-state index >= 15 is 0 Å². The number of aryl methyl sites for hydroxylation is 1. The minimum Gasteiger partial charge on any atom is -0.352 e. The van der Waals surface area contributed by atoms with Gasteiger partial charge < -0.3 is 5.32 Å². The third-order valence-electron chi connectivity index (χ3n) is 4.92. The molecule has 0 saturated carbocycles. The maximum atomic E-state index is 13.0. The molecule has 1 aliphatic heterocycles. The Kier molecular flexibility index (Phi) is 6.37. The van der Waals surface area contributed by atoms with E-state index in [0.717, 1.165) is 11.1 Å². The van der Waals surface area contributed by atoms with Crippen LogP contribution in [0.15, 0.2) is 47.4 Å². The molecule has 0 radical (unpaired) electrons. The highest BCUT2D eigenvalue weighted by Gasteiger charge is 2.33. The Morgan fingerprint density at radius 2 is 1.96 bits per heavy atom. The van der Waals surface area contributed by atoms with E-state index in [0.29, 0.717) is 24.4 Å². The molecule has 2 aromatic rings. The van der Waals surface area contributed by atoms with Gasteiger partial charge in [-0.15, -0.1) is 0 Å². The second-order valence-electron chi connectivity index (χ2n) is 6.96. The summed E-state index contributed by atoms with van der Waals surface area (Å²) in [5.41, 5.74) is 1.58. The van der Waals surface area contributed by atoms with Gasteiger partial charge in [-0.2, -0.15) is 4.31 Å². The fourth-order valence-corrected chi connectivity index (χ4v) is 4.99. The largest absolute Gasteiger partial charge is 0.352 e. The number of sulfonamides is 1. The number of amides is 1. The topological polar surface area (TPSA) is 66.5 Å². The first-order chi connectivity index (χ1) is 13.3. The van der Waals surface area contributed by atoms with Crippen molar-refractivity contribution in [3.63, 3.8) is 0 Å². The number of benzene rings is 2. The monoisotopic (exact) mass is 424 g/mol.